The van der Waals surface area contributed by atoms with Gasteiger partial charge in [0.05, 0.1) is 6.04 Å². The first-order valence-corrected chi connectivity index (χ1v) is 6.76. The Labute approximate surface area is 105 Å². The standard InChI is InChI=1S/C14H15NOS/c16-15-14-12-7-3-4-8-17-13(14)9-10-5-1-2-6-11(10)12/h1-5,7-9,11-12,14-16H,6H2/b7-3-,8-4-. The molecule has 3 aliphatic rings. The van der Waals surface area contributed by atoms with Gasteiger partial charge in [-0.1, -0.05) is 36.5 Å². The monoisotopic (exact) mass is 245 g/mol. The number of hydrogen-bond acceptors (Lipinski definition) is 3. The molecule has 3 unspecified atom stereocenters. The molecule has 3 atom stereocenters. The Kier molecular flexibility index (Phi) is 3.05. The molecule has 3 rings (SSSR count). The van der Waals surface area contributed by atoms with Gasteiger partial charge in [0.15, 0.2) is 0 Å². The zero-order chi connectivity index (χ0) is 11.7. The van der Waals surface area contributed by atoms with Gasteiger partial charge in [-0.05, 0) is 29.4 Å². The Morgan fingerprint density at radius 1 is 1.29 bits per heavy atom. The van der Waals surface area contributed by atoms with Gasteiger partial charge < -0.3 is 5.21 Å². The van der Waals surface area contributed by atoms with Crippen LogP contribution in [0.5, 0.6) is 0 Å². The van der Waals surface area contributed by atoms with Crippen LogP contribution in [0.3, 0.4) is 0 Å². The molecule has 0 amide bonds. The van der Waals surface area contributed by atoms with Crippen molar-refractivity contribution in [1.29, 1.82) is 0 Å². The van der Waals surface area contributed by atoms with E-state index in [1.165, 1.54) is 10.5 Å². The highest BCUT2D eigenvalue weighted by molar-refractivity contribution is 8.05. The molecule has 0 saturated heterocycles. The molecule has 1 aliphatic heterocycles. The minimum absolute atomic E-state index is 0.0230. The van der Waals surface area contributed by atoms with Crippen LogP contribution in [-0.4, -0.2) is 11.2 Å². The lowest BCUT2D eigenvalue weighted by Gasteiger charge is -2.38. The summed E-state index contributed by atoms with van der Waals surface area (Å²) in [5.41, 5.74) is 3.86. The molecule has 0 aromatic heterocycles. The maximum absolute atomic E-state index is 9.40. The van der Waals surface area contributed by atoms with Gasteiger partial charge in [-0.2, -0.15) is 5.48 Å². The van der Waals surface area contributed by atoms with Gasteiger partial charge in [0.2, 0.25) is 0 Å². The number of rotatable bonds is 1. The molecule has 2 nitrogen and oxygen atoms in total. The summed E-state index contributed by atoms with van der Waals surface area (Å²) >= 11 is 1.68. The molecule has 1 heterocycles. The van der Waals surface area contributed by atoms with Crippen molar-refractivity contribution < 1.29 is 5.21 Å². The Hall–Kier alpha value is -1.03. The van der Waals surface area contributed by atoms with Crippen molar-refractivity contribution in [2.45, 2.75) is 12.5 Å². The Bertz CT molecular complexity index is 459. The second-order valence-corrected chi connectivity index (χ2v) is 5.48. The van der Waals surface area contributed by atoms with Crippen LogP contribution in [-0.2, 0) is 0 Å². The predicted octanol–water partition coefficient (Wildman–Crippen LogP) is 3.17. The van der Waals surface area contributed by atoms with E-state index >= 15 is 0 Å². The SMILES string of the molecule is ONC1C2=CC3=CC=CCC3C1/C=C\C=C/S2. The third kappa shape index (κ3) is 1.95. The maximum Gasteiger partial charge on any atom is 0.0699 e. The van der Waals surface area contributed by atoms with Crippen LogP contribution in [0.15, 0.2) is 58.4 Å². The summed E-state index contributed by atoms with van der Waals surface area (Å²) in [5.74, 6) is 0.811. The summed E-state index contributed by atoms with van der Waals surface area (Å²) in [4.78, 5) is 1.19. The largest absolute Gasteiger partial charge is 0.316 e. The van der Waals surface area contributed by atoms with E-state index < -0.39 is 0 Å². The maximum atomic E-state index is 9.40. The van der Waals surface area contributed by atoms with Gasteiger partial charge in [0, 0.05) is 10.8 Å². The number of thioether (sulfide) groups is 1. The van der Waals surface area contributed by atoms with Gasteiger partial charge in [-0.3, -0.25) is 0 Å². The zero-order valence-electron chi connectivity index (χ0n) is 9.41. The number of hydrogen-bond donors (Lipinski definition) is 2. The van der Waals surface area contributed by atoms with Crippen molar-refractivity contribution in [3.8, 4) is 0 Å². The van der Waals surface area contributed by atoms with Crippen LogP contribution in [0.1, 0.15) is 6.42 Å². The summed E-state index contributed by atoms with van der Waals surface area (Å²) in [6, 6.07) is 0.0230. The van der Waals surface area contributed by atoms with Gasteiger partial charge in [-0.25, -0.2) is 0 Å². The van der Waals surface area contributed by atoms with Crippen molar-refractivity contribution in [2.75, 3.05) is 0 Å². The van der Waals surface area contributed by atoms with E-state index in [0.717, 1.165) is 6.42 Å². The highest BCUT2D eigenvalue weighted by Crippen LogP contribution is 2.43. The highest BCUT2D eigenvalue weighted by atomic mass is 32.2. The summed E-state index contributed by atoms with van der Waals surface area (Å²) in [7, 11) is 0. The fourth-order valence-electron chi connectivity index (χ4n) is 2.73. The third-order valence-corrected chi connectivity index (χ3v) is 4.51. The number of nitrogens with one attached hydrogen (secondary N) is 1. The number of allylic oxidation sites excluding steroid dienone is 7. The van der Waals surface area contributed by atoms with Gasteiger partial charge in [0.1, 0.15) is 0 Å². The fourth-order valence-corrected chi connectivity index (χ4v) is 3.62. The molecule has 2 aliphatic carbocycles. The number of fused-ring (bicyclic) bond motifs is 4. The molecule has 0 aromatic rings. The minimum Gasteiger partial charge on any atom is -0.316 e. The van der Waals surface area contributed by atoms with Crippen LogP contribution in [0.2, 0.25) is 0 Å². The molecule has 0 fully saturated rings. The first-order valence-electron chi connectivity index (χ1n) is 5.88. The minimum atomic E-state index is 0.0230. The zero-order valence-corrected chi connectivity index (χ0v) is 10.2. The number of hydroxylamine groups is 1. The molecule has 0 spiro atoms. The van der Waals surface area contributed by atoms with Crippen molar-refractivity contribution in [1.82, 2.24) is 5.48 Å². The lowest BCUT2D eigenvalue weighted by molar-refractivity contribution is 0.113. The van der Waals surface area contributed by atoms with Crippen LogP contribution >= 0.6 is 11.8 Å². The molecule has 0 radical (unpaired) electrons. The van der Waals surface area contributed by atoms with E-state index in [0.29, 0.717) is 11.8 Å². The second kappa shape index (κ2) is 4.69. The summed E-state index contributed by atoms with van der Waals surface area (Å²) in [5, 5.41) is 11.5. The molecule has 0 saturated carbocycles. The average molecular weight is 245 g/mol. The van der Waals surface area contributed by atoms with Crippen LogP contribution < -0.4 is 5.48 Å². The molecule has 17 heavy (non-hydrogen) atoms. The second-order valence-electron chi connectivity index (χ2n) is 4.50. The average Bonchev–Trinajstić information content (AvgIpc) is 2.36. The lowest BCUT2D eigenvalue weighted by Crippen LogP contribution is -2.41. The van der Waals surface area contributed by atoms with Gasteiger partial charge >= 0.3 is 0 Å². The van der Waals surface area contributed by atoms with Crippen LogP contribution in [0.25, 0.3) is 0 Å². The first kappa shape index (κ1) is 11.1. The Morgan fingerprint density at radius 3 is 3.12 bits per heavy atom. The van der Waals surface area contributed by atoms with Crippen molar-refractivity contribution >= 4 is 11.8 Å². The first-order chi connectivity index (χ1) is 8.40. The van der Waals surface area contributed by atoms with Crippen LogP contribution in [0, 0.1) is 11.8 Å². The Morgan fingerprint density at radius 2 is 2.24 bits per heavy atom. The molecular formula is C14H15NOS. The van der Waals surface area contributed by atoms with Crippen molar-refractivity contribution in [2.24, 2.45) is 11.8 Å². The van der Waals surface area contributed by atoms with Crippen molar-refractivity contribution in [3.05, 3.63) is 58.4 Å². The van der Waals surface area contributed by atoms with Gasteiger partial charge in [-0.15, -0.1) is 11.8 Å². The summed E-state index contributed by atoms with van der Waals surface area (Å²) in [6.45, 7) is 0. The topological polar surface area (TPSA) is 32.3 Å². The summed E-state index contributed by atoms with van der Waals surface area (Å²) in [6.07, 6.45) is 16.1. The smallest absolute Gasteiger partial charge is 0.0699 e. The lowest BCUT2D eigenvalue weighted by atomic mass is 9.73. The molecule has 88 valence electrons. The van der Waals surface area contributed by atoms with Gasteiger partial charge in [0.25, 0.3) is 0 Å². The van der Waals surface area contributed by atoms with Crippen LogP contribution in [0.4, 0.5) is 0 Å². The molecular weight excluding hydrogens is 230 g/mol. The fraction of sp³-hybridized carbons (Fsp3) is 0.286. The van der Waals surface area contributed by atoms with E-state index in [2.05, 4.69) is 53.4 Å². The van der Waals surface area contributed by atoms with Crippen molar-refractivity contribution in [3.63, 3.8) is 0 Å². The molecule has 3 heteroatoms. The predicted molar refractivity (Wildman–Crippen MR) is 71.5 cm³/mol. The highest BCUT2D eigenvalue weighted by Gasteiger charge is 2.36. The van der Waals surface area contributed by atoms with E-state index in [9.17, 15) is 5.21 Å². The molecule has 2 N–H and O–H groups in total. The normalized spacial score (nSPS) is 38.3. The summed E-state index contributed by atoms with van der Waals surface area (Å²) < 4.78 is 0. The van der Waals surface area contributed by atoms with E-state index in [4.69, 9.17) is 0 Å². The molecule has 2 bridgehead atoms. The quantitative estimate of drug-likeness (QED) is 0.696. The van der Waals surface area contributed by atoms with E-state index in [-0.39, 0.29) is 6.04 Å². The van der Waals surface area contributed by atoms with E-state index in [1.54, 1.807) is 11.8 Å². The Balaban J connectivity index is 2.08. The van der Waals surface area contributed by atoms with E-state index in [1.807, 2.05) is 0 Å². The molecule has 0 aromatic carbocycles. The third-order valence-electron chi connectivity index (χ3n) is 3.57.